The number of nitrogen functional groups attached to an aromatic ring is 2. The average Bonchev–Trinajstić information content (AvgIpc) is 2.90. The molecule has 0 saturated heterocycles. The highest BCUT2D eigenvalue weighted by atomic mass is 16.2. The van der Waals surface area contributed by atoms with Crippen molar-refractivity contribution in [3.8, 4) is 0 Å². The van der Waals surface area contributed by atoms with Crippen LogP contribution in [0.2, 0.25) is 0 Å². The Morgan fingerprint density at radius 3 is 2.48 bits per heavy atom. The van der Waals surface area contributed by atoms with Crippen LogP contribution >= 0.6 is 0 Å². The molecule has 124 valence electrons. The fourth-order valence-electron chi connectivity index (χ4n) is 2.74. The van der Waals surface area contributed by atoms with Crippen LogP contribution < -0.4 is 16.4 Å². The number of Topliss-reactive ketones (excluding diaryl/α,β-unsaturated/α-hetero) is 1. The van der Waals surface area contributed by atoms with Crippen molar-refractivity contribution in [1.82, 2.24) is 19.9 Å². The standard InChI is InChI=1S/C16H13N7O2/c1-7(24)8-2-4-9(5-3-8)23-6-10-11(15(23)25)20-14-12(19-10)13(17)21-16(18)22-14/h2-5H,6H2,1H3,(H4,17,18,20,21,22). The third kappa shape index (κ3) is 2.33. The second kappa shape index (κ2) is 5.20. The van der Waals surface area contributed by atoms with Gasteiger partial charge in [0.1, 0.15) is 0 Å². The van der Waals surface area contributed by atoms with Crippen LogP contribution in [0.25, 0.3) is 11.2 Å². The molecule has 1 amide bonds. The highest BCUT2D eigenvalue weighted by molar-refractivity contribution is 6.09. The minimum atomic E-state index is -0.296. The van der Waals surface area contributed by atoms with Gasteiger partial charge in [0, 0.05) is 11.3 Å². The molecular formula is C16H13N7O2. The summed E-state index contributed by atoms with van der Waals surface area (Å²) in [5.41, 5.74) is 13.8. The Hall–Kier alpha value is -3.62. The first-order valence-corrected chi connectivity index (χ1v) is 7.46. The van der Waals surface area contributed by atoms with Gasteiger partial charge in [-0.15, -0.1) is 0 Å². The Morgan fingerprint density at radius 2 is 1.80 bits per heavy atom. The third-order valence-corrected chi connectivity index (χ3v) is 3.99. The summed E-state index contributed by atoms with van der Waals surface area (Å²) in [5, 5.41) is 0. The van der Waals surface area contributed by atoms with Gasteiger partial charge < -0.3 is 16.4 Å². The van der Waals surface area contributed by atoms with E-state index in [1.807, 2.05) is 0 Å². The third-order valence-electron chi connectivity index (χ3n) is 3.99. The maximum atomic E-state index is 12.7. The lowest BCUT2D eigenvalue weighted by atomic mass is 10.1. The summed E-state index contributed by atoms with van der Waals surface area (Å²) in [6.45, 7) is 1.74. The van der Waals surface area contributed by atoms with E-state index in [-0.39, 0.29) is 41.3 Å². The highest BCUT2D eigenvalue weighted by Gasteiger charge is 2.32. The van der Waals surface area contributed by atoms with E-state index >= 15 is 0 Å². The molecule has 1 aromatic carbocycles. The van der Waals surface area contributed by atoms with E-state index in [2.05, 4.69) is 19.9 Å². The van der Waals surface area contributed by atoms with Crippen molar-refractivity contribution < 1.29 is 9.59 Å². The summed E-state index contributed by atoms with van der Waals surface area (Å²) in [4.78, 5) is 42.1. The minimum absolute atomic E-state index is 0.0265. The van der Waals surface area contributed by atoms with Crippen LogP contribution in [-0.2, 0) is 6.54 Å². The first kappa shape index (κ1) is 14.9. The van der Waals surface area contributed by atoms with Crippen LogP contribution in [0, 0.1) is 0 Å². The van der Waals surface area contributed by atoms with Crippen LogP contribution in [0.4, 0.5) is 17.5 Å². The number of nitrogens with two attached hydrogens (primary N) is 2. The van der Waals surface area contributed by atoms with Crippen molar-refractivity contribution in [1.29, 1.82) is 0 Å². The molecule has 3 aromatic rings. The predicted octanol–water partition coefficient (Wildman–Crippen LogP) is 0.947. The molecule has 4 rings (SSSR count). The fraction of sp³-hybridized carbons (Fsp3) is 0.125. The molecule has 1 aliphatic heterocycles. The van der Waals surface area contributed by atoms with Crippen LogP contribution in [-0.4, -0.2) is 31.6 Å². The summed E-state index contributed by atoms with van der Waals surface area (Å²) >= 11 is 0. The summed E-state index contributed by atoms with van der Waals surface area (Å²) < 4.78 is 0. The van der Waals surface area contributed by atoms with Crippen molar-refractivity contribution in [3.05, 3.63) is 41.2 Å². The number of fused-ring (bicyclic) bond motifs is 2. The molecular weight excluding hydrogens is 322 g/mol. The minimum Gasteiger partial charge on any atom is -0.382 e. The summed E-state index contributed by atoms with van der Waals surface area (Å²) in [6, 6.07) is 6.78. The van der Waals surface area contributed by atoms with E-state index in [0.717, 1.165) is 0 Å². The van der Waals surface area contributed by atoms with Crippen molar-refractivity contribution in [2.75, 3.05) is 16.4 Å². The van der Waals surface area contributed by atoms with E-state index in [1.54, 1.807) is 24.3 Å². The van der Waals surface area contributed by atoms with Crippen molar-refractivity contribution in [2.24, 2.45) is 0 Å². The van der Waals surface area contributed by atoms with Gasteiger partial charge in [-0.25, -0.2) is 9.97 Å². The van der Waals surface area contributed by atoms with Gasteiger partial charge >= 0.3 is 0 Å². The smallest absolute Gasteiger partial charge is 0.279 e. The molecule has 3 heterocycles. The quantitative estimate of drug-likeness (QED) is 0.659. The Bertz CT molecular complexity index is 1050. The van der Waals surface area contributed by atoms with E-state index in [9.17, 15) is 9.59 Å². The number of ketones is 1. The zero-order valence-electron chi connectivity index (χ0n) is 13.2. The molecule has 0 spiro atoms. The number of hydrogen-bond donors (Lipinski definition) is 2. The summed E-state index contributed by atoms with van der Waals surface area (Å²) in [6.07, 6.45) is 0. The second-order valence-electron chi connectivity index (χ2n) is 5.65. The first-order chi connectivity index (χ1) is 11.9. The normalized spacial score (nSPS) is 13.3. The number of hydrogen-bond acceptors (Lipinski definition) is 8. The van der Waals surface area contributed by atoms with Crippen LogP contribution in [0.5, 0.6) is 0 Å². The monoisotopic (exact) mass is 335 g/mol. The van der Waals surface area contributed by atoms with E-state index in [0.29, 0.717) is 22.5 Å². The number of nitrogens with zero attached hydrogens (tertiary/aromatic N) is 5. The zero-order chi connectivity index (χ0) is 17.7. The van der Waals surface area contributed by atoms with E-state index < -0.39 is 0 Å². The molecule has 0 unspecified atom stereocenters. The number of rotatable bonds is 2. The lowest BCUT2D eigenvalue weighted by Crippen LogP contribution is -2.23. The maximum Gasteiger partial charge on any atom is 0.279 e. The van der Waals surface area contributed by atoms with Gasteiger partial charge in [-0.05, 0) is 31.2 Å². The number of carbonyl (C=O) groups excluding carboxylic acids is 2. The molecule has 9 nitrogen and oxygen atoms in total. The number of aromatic nitrogens is 4. The Labute approximate surface area is 141 Å². The first-order valence-electron chi connectivity index (χ1n) is 7.46. The lowest BCUT2D eigenvalue weighted by Gasteiger charge is -2.15. The number of carbonyl (C=O) groups is 2. The predicted molar refractivity (Wildman–Crippen MR) is 90.9 cm³/mol. The molecule has 0 fully saturated rings. The average molecular weight is 335 g/mol. The van der Waals surface area contributed by atoms with Crippen molar-refractivity contribution >= 4 is 40.3 Å². The Morgan fingerprint density at radius 1 is 1.08 bits per heavy atom. The highest BCUT2D eigenvalue weighted by Crippen LogP contribution is 2.28. The Balaban J connectivity index is 1.77. The number of amides is 1. The largest absolute Gasteiger partial charge is 0.382 e. The van der Waals surface area contributed by atoms with E-state index in [4.69, 9.17) is 11.5 Å². The molecule has 0 atom stereocenters. The summed E-state index contributed by atoms with van der Waals surface area (Å²) in [7, 11) is 0. The molecule has 0 bridgehead atoms. The van der Waals surface area contributed by atoms with Crippen LogP contribution in [0.1, 0.15) is 33.5 Å². The van der Waals surface area contributed by atoms with Crippen LogP contribution in [0.3, 0.4) is 0 Å². The fourth-order valence-corrected chi connectivity index (χ4v) is 2.74. The number of benzene rings is 1. The van der Waals surface area contributed by atoms with Gasteiger partial charge in [0.2, 0.25) is 5.95 Å². The molecule has 25 heavy (non-hydrogen) atoms. The molecule has 0 radical (unpaired) electrons. The zero-order valence-corrected chi connectivity index (χ0v) is 13.2. The molecule has 0 saturated carbocycles. The van der Waals surface area contributed by atoms with Gasteiger partial charge in [-0.1, -0.05) is 0 Å². The second-order valence-corrected chi connectivity index (χ2v) is 5.65. The SMILES string of the molecule is CC(=O)c1ccc(N2Cc3nc4c(N)nc(N)nc4nc3C2=O)cc1. The Kier molecular flexibility index (Phi) is 3.11. The molecule has 9 heteroatoms. The topological polar surface area (TPSA) is 141 Å². The van der Waals surface area contributed by atoms with E-state index in [1.165, 1.54) is 11.8 Å². The van der Waals surface area contributed by atoms with Gasteiger partial charge in [-0.2, -0.15) is 9.97 Å². The summed E-state index contributed by atoms with van der Waals surface area (Å²) in [5.74, 6) is -0.240. The van der Waals surface area contributed by atoms with Crippen molar-refractivity contribution in [2.45, 2.75) is 13.5 Å². The van der Waals surface area contributed by atoms with Gasteiger partial charge in [-0.3, -0.25) is 9.59 Å². The molecule has 1 aliphatic rings. The van der Waals surface area contributed by atoms with Gasteiger partial charge in [0.15, 0.2) is 28.5 Å². The molecule has 4 N–H and O–H groups in total. The van der Waals surface area contributed by atoms with Gasteiger partial charge in [0.05, 0.1) is 12.2 Å². The van der Waals surface area contributed by atoms with Crippen LogP contribution in [0.15, 0.2) is 24.3 Å². The molecule has 2 aromatic heterocycles. The molecule has 0 aliphatic carbocycles. The van der Waals surface area contributed by atoms with Gasteiger partial charge in [0.25, 0.3) is 5.91 Å². The lowest BCUT2D eigenvalue weighted by molar-refractivity contribution is 0.0990. The maximum absolute atomic E-state index is 12.7. The van der Waals surface area contributed by atoms with Crippen molar-refractivity contribution in [3.63, 3.8) is 0 Å². The number of anilines is 3.